The Balaban J connectivity index is 1.23. The Kier molecular flexibility index (Phi) is 7.22. The monoisotopic (exact) mass is 623 g/mol. The first kappa shape index (κ1) is 28.8. The molecule has 0 unspecified atom stereocenters. The molecule has 1 nitrogen and oxygen atoms in total. The molecule has 1 heteroatoms. The van der Waals surface area contributed by atoms with Gasteiger partial charge in [0.1, 0.15) is 0 Å². The van der Waals surface area contributed by atoms with Gasteiger partial charge >= 0.3 is 0 Å². The molecule has 9 rings (SSSR count). The second-order valence-electron chi connectivity index (χ2n) is 12.5. The molecule has 9 aromatic rings. The van der Waals surface area contributed by atoms with E-state index >= 15 is 0 Å². The lowest BCUT2D eigenvalue weighted by molar-refractivity contribution is 1.28. The van der Waals surface area contributed by atoms with Gasteiger partial charge in [0.25, 0.3) is 0 Å². The lowest BCUT2D eigenvalue weighted by Crippen LogP contribution is -2.11. The summed E-state index contributed by atoms with van der Waals surface area (Å²) in [5, 5.41) is 7.57. The van der Waals surface area contributed by atoms with Crippen LogP contribution in [0.15, 0.2) is 200 Å². The maximum atomic E-state index is 2.40. The van der Waals surface area contributed by atoms with E-state index in [1.165, 1.54) is 65.7 Å². The molecule has 0 bridgehead atoms. The SMILES string of the molecule is c1ccc(-c2ccccc2N(c2ccc(-c3cccc4ccccc34)cc2)c2cccc(-c3cc4ccccc4c4ccccc34)c2)cc1. The van der Waals surface area contributed by atoms with E-state index in [0.29, 0.717) is 0 Å². The van der Waals surface area contributed by atoms with Gasteiger partial charge in [-0.05, 0) is 96.5 Å². The number of hydrogen-bond donors (Lipinski definition) is 0. The number of anilines is 3. The Morgan fingerprint density at radius 3 is 1.67 bits per heavy atom. The number of hydrogen-bond acceptors (Lipinski definition) is 1. The Hall–Kier alpha value is -6.44. The van der Waals surface area contributed by atoms with Gasteiger partial charge in [0.15, 0.2) is 0 Å². The van der Waals surface area contributed by atoms with Crippen LogP contribution in [0.1, 0.15) is 0 Å². The summed E-state index contributed by atoms with van der Waals surface area (Å²) in [6.07, 6.45) is 0. The van der Waals surface area contributed by atoms with E-state index < -0.39 is 0 Å². The van der Waals surface area contributed by atoms with Crippen molar-refractivity contribution < 1.29 is 0 Å². The molecular formula is C48H33N. The molecule has 0 aliphatic rings. The van der Waals surface area contributed by atoms with E-state index in [1.807, 2.05) is 0 Å². The van der Waals surface area contributed by atoms with Crippen LogP contribution in [-0.4, -0.2) is 0 Å². The van der Waals surface area contributed by atoms with E-state index in [4.69, 9.17) is 0 Å². The normalized spacial score (nSPS) is 11.3. The summed E-state index contributed by atoms with van der Waals surface area (Å²) < 4.78 is 0. The maximum absolute atomic E-state index is 2.40. The minimum atomic E-state index is 1.10. The van der Waals surface area contributed by atoms with Crippen molar-refractivity contribution in [2.45, 2.75) is 0 Å². The summed E-state index contributed by atoms with van der Waals surface area (Å²) in [6, 6.07) is 72.4. The first-order valence-corrected chi connectivity index (χ1v) is 16.9. The van der Waals surface area contributed by atoms with Crippen molar-refractivity contribution in [2.75, 3.05) is 4.90 Å². The van der Waals surface area contributed by atoms with Gasteiger partial charge in [-0.25, -0.2) is 0 Å². The van der Waals surface area contributed by atoms with Crippen molar-refractivity contribution in [1.29, 1.82) is 0 Å². The highest BCUT2D eigenvalue weighted by molar-refractivity contribution is 6.14. The lowest BCUT2D eigenvalue weighted by Gasteiger charge is -2.28. The molecule has 0 fully saturated rings. The molecule has 49 heavy (non-hydrogen) atoms. The van der Waals surface area contributed by atoms with Crippen LogP contribution in [0.2, 0.25) is 0 Å². The maximum Gasteiger partial charge on any atom is 0.0540 e. The highest BCUT2D eigenvalue weighted by atomic mass is 15.1. The molecule has 0 radical (unpaired) electrons. The molecular weight excluding hydrogens is 591 g/mol. The summed E-state index contributed by atoms with van der Waals surface area (Å²) in [5.41, 5.74) is 10.6. The molecule has 0 aliphatic heterocycles. The molecule has 0 aromatic heterocycles. The largest absolute Gasteiger partial charge is 0.310 e. The number of benzene rings is 9. The van der Waals surface area contributed by atoms with E-state index in [-0.39, 0.29) is 0 Å². The fourth-order valence-corrected chi connectivity index (χ4v) is 7.33. The summed E-state index contributed by atoms with van der Waals surface area (Å²) >= 11 is 0. The van der Waals surface area contributed by atoms with Gasteiger partial charge < -0.3 is 4.90 Å². The van der Waals surface area contributed by atoms with Crippen LogP contribution in [0, 0.1) is 0 Å². The first-order chi connectivity index (χ1) is 24.3. The molecule has 0 N–H and O–H groups in total. The smallest absolute Gasteiger partial charge is 0.0540 e. The van der Waals surface area contributed by atoms with Crippen molar-refractivity contribution >= 4 is 49.4 Å². The van der Waals surface area contributed by atoms with Gasteiger partial charge in [-0.2, -0.15) is 0 Å². The van der Waals surface area contributed by atoms with Gasteiger partial charge in [-0.3, -0.25) is 0 Å². The van der Waals surface area contributed by atoms with E-state index in [0.717, 1.165) is 17.1 Å². The lowest BCUT2D eigenvalue weighted by atomic mass is 9.93. The van der Waals surface area contributed by atoms with Crippen LogP contribution in [0.3, 0.4) is 0 Å². The van der Waals surface area contributed by atoms with Crippen LogP contribution < -0.4 is 4.90 Å². The van der Waals surface area contributed by atoms with Gasteiger partial charge in [0, 0.05) is 16.9 Å². The number of para-hydroxylation sites is 1. The molecule has 0 heterocycles. The van der Waals surface area contributed by atoms with Crippen molar-refractivity contribution in [3.63, 3.8) is 0 Å². The van der Waals surface area contributed by atoms with E-state index in [1.54, 1.807) is 0 Å². The molecule has 0 amide bonds. The molecule has 230 valence electrons. The zero-order chi connectivity index (χ0) is 32.6. The van der Waals surface area contributed by atoms with Crippen molar-refractivity contribution in [3.05, 3.63) is 200 Å². The predicted molar refractivity (Wildman–Crippen MR) is 210 cm³/mol. The Morgan fingerprint density at radius 2 is 0.837 bits per heavy atom. The zero-order valence-electron chi connectivity index (χ0n) is 27.0. The van der Waals surface area contributed by atoms with E-state index in [9.17, 15) is 0 Å². The van der Waals surface area contributed by atoms with Crippen LogP contribution in [0.25, 0.3) is 65.7 Å². The van der Waals surface area contributed by atoms with E-state index in [2.05, 4.69) is 205 Å². The molecule has 0 saturated carbocycles. The number of nitrogens with zero attached hydrogens (tertiary/aromatic N) is 1. The van der Waals surface area contributed by atoms with Gasteiger partial charge in [0.2, 0.25) is 0 Å². The zero-order valence-corrected chi connectivity index (χ0v) is 27.0. The van der Waals surface area contributed by atoms with Crippen molar-refractivity contribution in [1.82, 2.24) is 0 Å². The quantitative estimate of drug-likeness (QED) is 0.167. The second kappa shape index (κ2) is 12.3. The van der Waals surface area contributed by atoms with Crippen LogP contribution in [0.4, 0.5) is 17.1 Å². The summed E-state index contributed by atoms with van der Waals surface area (Å²) in [5.74, 6) is 0. The summed E-state index contributed by atoms with van der Waals surface area (Å²) in [7, 11) is 0. The first-order valence-electron chi connectivity index (χ1n) is 16.9. The molecule has 0 aliphatic carbocycles. The Bertz CT molecular complexity index is 2590. The van der Waals surface area contributed by atoms with Gasteiger partial charge in [-0.1, -0.05) is 164 Å². The number of fused-ring (bicyclic) bond motifs is 4. The van der Waals surface area contributed by atoms with Gasteiger partial charge in [0.05, 0.1) is 5.69 Å². The standard InChI is InChI=1S/C48H33N/c1-2-14-35(15-3-1)44-23-10-11-27-48(44)49(39-30-28-36(29-31-39)42-26-13-18-34-16-4-6-21-41(34)42)40-20-12-19-37(32-40)47-33-38-17-5-7-22-43(38)45-24-8-9-25-46(45)47/h1-33H. The third-order valence-corrected chi connectivity index (χ3v) is 9.64. The second-order valence-corrected chi connectivity index (χ2v) is 12.5. The van der Waals surface area contributed by atoms with Crippen LogP contribution >= 0.6 is 0 Å². The molecule has 0 saturated heterocycles. The highest BCUT2D eigenvalue weighted by Crippen LogP contribution is 2.43. The van der Waals surface area contributed by atoms with Crippen molar-refractivity contribution in [3.8, 4) is 33.4 Å². The fraction of sp³-hybridized carbons (Fsp3) is 0. The third kappa shape index (κ3) is 5.23. The molecule has 0 spiro atoms. The Labute approximate surface area is 287 Å². The van der Waals surface area contributed by atoms with Crippen LogP contribution in [0.5, 0.6) is 0 Å². The Morgan fingerprint density at radius 1 is 0.265 bits per heavy atom. The minimum Gasteiger partial charge on any atom is -0.310 e. The molecule has 9 aromatic carbocycles. The molecule has 0 atom stereocenters. The third-order valence-electron chi connectivity index (χ3n) is 9.64. The fourth-order valence-electron chi connectivity index (χ4n) is 7.33. The van der Waals surface area contributed by atoms with Crippen molar-refractivity contribution in [2.24, 2.45) is 0 Å². The summed E-state index contributed by atoms with van der Waals surface area (Å²) in [4.78, 5) is 2.40. The average Bonchev–Trinajstić information content (AvgIpc) is 3.18. The van der Waals surface area contributed by atoms with Gasteiger partial charge in [-0.15, -0.1) is 0 Å². The summed E-state index contributed by atoms with van der Waals surface area (Å²) in [6.45, 7) is 0. The topological polar surface area (TPSA) is 3.24 Å². The minimum absolute atomic E-state index is 1.10. The highest BCUT2D eigenvalue weighted by Gasteiger charge is 2.19. The van der Waals surface area contributed by atoms with Crippen LogP contribution in [-0.2, 0) is 0 Å². The predicted octanol–water partition coefficient (Wildman–Crippen LogP) is 13.6. The number of rotatable bonds is 6. The average molecular weight is 624 g/mol.